The van der Waals surface area contributed by atoms with E-state index in [1.54, 1.807) is 6.07 Å². The van der Waals surface area contributed by atoms with Gasteiger partial charge in [0, 0.05) is 4.47 Å². The van der Waals surface area contributed by atoms with Crippen molar-refractivity contribution < 1.29 is 22.7 Å². The average molecular weight is 298 g/mol. The summed E-state index contributed by atoms with van der Waals surface area (Å²) in [4.78, 5) is 10.3. The van der Waals surface area contributed by atoms with Crippen molar-refractivity contribution in [1.82, 2.24) is 0 Å². The first-order valence-electron chi connectivity index (χ1n) is 4.12. The molecule has 1 aromatic carbocycles. The van der Waals surface area contributed by atoms with Gasteiger partial charge in [-0.2, -0.15) is 13.2 Å². The Morgan fingerprint density at radius 3 is 2.69 bits per heavy atom. The number of hydrogen-bond acceptors (Lipinski definition) is 2. The Morgan fingerprint density at radius 2 is 2.12 bits per heavy atom. The number of benzene rings is 1. The Hall–Kier alpha value is -1.24. The lowest BCUT2D eigenvalue weighted by Gasteiger charge is -2.13. The third kappa shape index (κ3) is 3.73. The van der Waals surface area contributed by atoms with Crippen molar-refractivity contribution >= 4 is 28.0 Å². The predicted molar refractivity (Wildman–Crippen MR) is 55.4 cm³/mol. The Labute approximate surface area is 97.7 Å². The summed E-state index contributed by atoms with van der Waals surface area (Å²) < 4.78 is 40.8. The zero-order valence-electron chi connectivity index (χ0n) is 7.84. The molecule has 0 aromatic heterocycles. The normalized spacial score (nSPS) is 11.0. The molecule has 0 atom stereocenters. The SMILES string of the molecule is O=CNc1c(Br)cccc1OCC(F)(F)F. The molecule has 0 fully saturated rings. The van der Waals surface area contributed by atoms with E-state index in [-0.39, 0.29) is 11.4 Å². The molecule has 0 aliphatic rings. The lowest BCUT2D eigenvalue weighted by atomic mass is 10.3. The van der Waals surface area contributed by atoms with Crippen LogP contribution < -0.4 is 10.1 Å². The maximum atomic E-state index is 11.9. The fraction of sp³-hybridized carbons (Fsp3) is 0.222. The lowest BCUT2D eigenvalue weighted by molar-refractivity contribution is -0.153. The van der Waals surface area contributed by atoms with Crippen LogP contribution in [0.5, 0.6) is 5.75 Å². The Morgan fingerprint density at radius 1 is 1.44 bits per heavy atom. The lowest BCUT2D eigenvalue weighted by Crippen LogP contribution is -2.19. The molecule has 1 aromatic rings. The molecule has 0 spiro atoms. The minimum absolute atomic E-state index is 0.0428. The summed E-state index contributed by atoms with van der Waals surface area (Å²) in [6.45, 7) is -1.41. The standard InChI is InChI=1S/C9H7BrF3NO2/c10-6-2-1-3-7(8(6)14-5-15)16-4-9(11,12)13/h1-3,5H,4H2,(H,14,15). The molecule has 3 nitrogen and oxygen atoms in total. The second-order valence-corrected chi connectivity index (χ2v) is 3.63. The highest BCUT2D eigenvalue weighted by Gasteiger charge is 2.28. The van der Waals surface area contributed by atoms with E-state index in [4.69, 9.17) is 0 Å². The van der Waals surface area contributed by atoms with E-state index >= 15 is 0 Å². The second kappa shape index (κ2) is 5.20. The molecule has 0 unspecified atom stereocenters. The van der Waals surface area contributed by atoms with Crippen LogP contribution in [0.2, 0.25) is 0 Å². The topological polar surface area (TPSA) is 38.3 Å². The van der Waals surface area contributed by atoms with E-state index in [1.165, 1.54) is 12.1 Å². The molecule has 0 bridgehead atoms. The summed E-state index contributed by atoms with van der Waals surface area (Å²) in [6.07, 6.45) is -4.05. The smallest absolute Gasteiger partial charge is 0.422 e. The highest BCUT2D eigenvalue weighted by Crippen LogP contribution is 2.33. The van der Waals surface area contributed by atoms with E-state index in [0.29, 0.717) is 10.9 Å². The van der Waals surface area contributed by atoms with Crippen molar-refractivity contribution in [2.24, 2.45) is 0 Å². The molecular weight excluding hydrogens is 291 g/mol. The van der Waals surface area contributed by atoms with Gasteiger partial charge in [-0.25, -0.2) is 0 Å². The van der Waals surface area contributed by atoms with Gasteiger partial charge < -0.3 is 10.1 Å². The van der Waals surface area contributed by atoms with E-state index in [1.807, 2.05) is 0 Å². The summed E-state index contributed by atoms with van der Waals surface area (Å²) in [5.74, 6) is -0.0428. The number of ether oxygens (including phenoxy) is 1. The second-order valence-electron chi connectivity index (χ2n) is 2.78. The van der Waals surface area contributed by atoms with Gasteiger partial charge >= 0.3 is 6.18 Å². The minimum atomic E-state index is -4.42. The first-order chi connectivity index (χ1) is 7.44. The van der Waals surface area contributed by atoms with Crippen molar-refractivity contribution in [2.45, 2.75) is 6.18 Å². The summed E-state index contributed by atoms with van der Waals surface area (Å²) in [6, 6.07) is 4.42. The highest BCUT2D eigenvalue weighted by molar-refractivity contribution is 9.10. The average Bonchev–Trinajstić information content (AvgIpc) is 2.18. The summed E-state index contributed by atoms with van der Waals surface area (Å²) in [5, 5.41) is 2.26. The van der Waals surface area contributed by atoms with Crippen molar-refractivity contribution in [1.29, 1.82) is 0 Å². The van der Waals surface area contributed by atoms with Crippen LogP contribution in [0.1, 0.15) is 0 Å². The van der Waals surface area contributed by atoms with Gasteiger partial charge in [0.1, 0.15) is 5.75 Å². The zero-order valence-corrected chi connectivity index (χ0v) is 9.43. The number of amides is 1. The van der Waals surface area contributed by atoms with Crippen molar-refractivity contribution in [2.75, 3.05) is 11.9 Å². The first kappa shape index (κ1) is 12.8. The third-order valence-electron chi connectivity index (χ3n) is 1.57. The van der Waals surface area contributed by atoms with Crippen LogP contribution in [0.3, 0.4) is 0 Å². The molecule has 0 aliphatic heterocycles. The van der Waals surface area contributed by atoms with Gasteiger partial charge in [-0.1, -0.05) is 6.07 Å². The Balaban J connectivity index is 2.86. The van der Waals surface area contributed by atoms with Gasteiger partial charge in [0.2, 0.25) is 6.41 Å². The molecule has 0 radical (unpaired) electrons. The maximum Gasteiger partial charge on any atom is 0.422 e. The van der Waals surface area contributed by atoms with Crippen LogP contribution in [0, 0.1) is 0 Å². The number of carbonyl (C=O) groups excluding carboxylic acids is 1. The summed E-state index contributed by atoms with van der Waals surface area (Å²) in [7, 11) is 0. The zero-order chi connectivity index (χ0) is 12.2. The van der Waals surface area contributed by atoms with Crippen LogP contribution in [0.15, 0.2) is 22.7 Å². The largest absolute Gasteiger partial charge is 0.482 e. The number of alkyl halides is 3. The quantitative estimate of drug-likeness (QED) is 0.868. The van der Waals surface area contributed by atoms with Gasteiger partial charge in [-0.3, -0.25) is 4.79 Å². The van der Waals surface area contributed by atoms with Gasteiger partial charge in [0.05, 0.1) is 5.69 Å². The maximum absolute atomic E-state index is 11.9. The van der Waals surface area contributed by atoms with Crippen LogP contribution >= 0.6 is 15.9 Å². The molecule has 7 heteroatoms. The van der Waals surface area contributed by atoms with Crippen molar-refractivity contribution in [3.05, 3.63) is 22.7 Å². The summed E-state index contributed by atoms with van der Waals surface area (Å²) >= 11 is 3.09. The number of nitrogens with one attached hydrogen (secondary N) is 1. The number of rotatable bonds is 4. The molecule has 0 saturated carbocycles. The van der Waals surface area contributed by atoms with Crippen molar-refractivity contribution in [3.8, 4) is 5.75 Å². The molecule has 0 saturated heterocycles. The van der Waals surface area contributed by atoms with Gasteiger partial charge in [-0.15, -0.1) is 0 Å². The number of para-hydroxylation sites is 1. The van der Waals surface area contributed by atoms with Crippen LogP contribution in [-0.4, -0.2) is 19.2 Å². The van der Waals surface area contributed by atoms with E-state index in [9.17, 15) is 18.0 Å². The molecule has 1 rings (SSSR count). The fourth-order valence-electron chi connectivity index (χ4n) is 0.983. The molecule has 88 valence electrons. The minimum Gasteiger partial charge on any atom is -0.482 e. The van der Waals surface area contributed by atoms with Gasteiger partial charge in [0.25, 0.3) is 0 Å². The molecule has 0 aliphatic carbocycles. The highest BCUT2D eigenvalue weighted by atomic mass is 79.9. The number of halogens is 4. The molecule has 1 amide bonds. The predicted octanol–water partition coefficient (Wildman–Crippen LogP) is 2.96. The van der Waals surface area contributed by atoms with Gasteiger partial charge in [0.15, 0.2) is 6.61 Å². The van der Waals surface area contributed by atoms with E-state index in [2.05, 4.69) is 26.0 Å². The molecular formula is C9H7BrF3NO2. The Bertz CT molecular complexity index is 382. The summed E-state index contributed by atoms with van der Waals surface area (Å²) in [5.41, 5.74) is 0.168. The first-order valence-corrected chi connectivity index (χ1v) is 4.91. The number of anilines is 1. The number of carbonyl (C=O) groups is 1. The monoisotopic (exact) mass is 297 g/mol. The Kier molecular flexibility index (Phi) is 4.17. The van der Waals surface area contributed by atoms with Crippen LogP contribution in [-0.2, 0) is 4.79 Å². The third-order valence-corrected chi connectivity index (χ3v) is 2.23. The molecule has 1 N–H and O–H groups in total. The molecule has 16 heavy (non-hydrogen) atoms. The van der Waals surface area contributed by atoms with E-state index in [0.717, 1.165) is 0 Å². The van der Waals surface area contributed by atoms with Crippen molar-refractivity contribution in [3.63, 3.8) is 0 Å². The number of hydrogen-bond donors (Lipinski definition) is 1. The van der Waals surface area contributed by atoms with Gasteiger partial charge in [-0.05, 0) is 28.1 Å². The molecule has 0 heterocycles. The van der Waals surface area contributed by atoms with E-state index < -0.39 is 12.8 Å². The fourth-order valence-corrected chi connectivity index (χ4v) is 1.45. The van der Waals surface area contributed by atoms with Crippen LogP contribution in [0.4, 0.5) is 18.9 Å². The van der Waals surface area contributed by atoms with Crippen LogP contribution in [0.25, 0.3) is 0 Å².